The Morgan fingerprint density at radius 3 is 2.40 bits per heavy atom. The molecule has 1 aromatic heterocycles. The Labute approximate surface area is 205 Å². The van der Waals surface area contributed by atoms with E-state index in [2.05, 4.69) is 15.5 Å². The fraction of sp³-hybridized carbons (Fsp3) is 0.280. The molecule has 1 heterocycles. The molecule has 0 radical (unpaired) electrons. The number of halogens is 3. The quantitative estimate of drug-likeness (QED) is 0.351. The van der Waals surface area contributed by atoms with E-state index in [4.69, 9.17) is 0 Å². The number of carbonyl (C=O) groups is 2. The predicted molar refractivity (Wildman–Crippen MR) is 131 cm³/mol. The van der Waals surface area contributed by atoms with Crippen molar-refractivity contribution in [3.63, 3.8) is 0 Å². The molecule has 6 nitrogen and oxygen atoms in total. The average molecular weight is 503 g/mol. The molecule has 10 heteroatoms. The van der Waals surface area contributed by atoms with E-state index in [9.17, 15) is 22.8 Å². The molecule has 0 aliphatic rings. The molecule has 2 amide bonds. The Bertz CT molecular complexity index is 1150. The Balaban J connectivity index is 1.56. The Morgan fingerprint density at radius 1 is 1.03 bits per heavy atom. The van der Waals surface area contributed by atoms with Crippen molar-refractivity contribution in [2.45, 2.75) is 32.4 Å². The molecule has 0 aliphatic carbocycles. The fourth-order valence-corrected chi connectivity index (χ4v) is 3.89. The van der Waals surface area contributed by atoms with E-state index in [1.807, 2.05) is 37.3 Å². The topological polar surface area (TPSA) is 75.2 Å². The van der Waals surface area contributed by atoms with Crippen LogP contribution in [0.2, 0.25) is 0 Å². The van der Waals surface area contributed by atoms with E-state index >= 15 is 0 Å². The van der Waals surface area contributed by atoms with Gasteiger partial charge < -0.3 is 10.2 Å². The first kappa shape index (κ1) is 26.1. The molecule has 0 bridgehead atoms. The van der Waals surface area contributed by atoms with Crippen LogP contribution in [0.1, 0.15) is 37.3 Å². The minimum absolute atomic E-state index is 0.0732. The third-order valence-electron chi connectivity index (χ3n) is 5.05. The molecule has 184 valence electrons. The van der Waals surface area contributed by atoms with Crippen molar-refractivity contribution >= 4 is 34.4 Å². The van der Waals surface area contributed by atoms with Gasteiger partial charge in [0.15, 0.2) is 0 Å². The van der Waals surface area contributed by atoms with Gasteiger partial charge in [0.25, 0.3) is 0 Å². The van der Waals surface area contributed by atoms with E-state index in [0.717, 1.165) is 41.9 Å². The minimum atomic E-state index is -4.41. The van der Waals surface area contributed by atoms with Crippen LogP contribution in [0.5, 0.6) is 0 Å². The van der Waals surface area contributed by atoms with Crippen LogP contribution in [0, 0.1) is 0 Å². The lowest BCUT2D eigenvalue weighted by Crippen LogP contribution is -2.33. The second-order valence-electron chi connectivity index (χ2n) is 7.71. The molecule has 0 spiro atoms. The molecular formula is C25H25F3N4O2S. The zero-order chi connectivity index (χ0) is 25.3. The molecule has 0 atom stereocenters. The van der Waals surface area contributed by atoms with E-state index in [-0.39, 0.29) is 29.9 Å². The van der Waals surface area contributed by atoms with Crippen molar-refractivity contribution < 1.29 is 22.8 Å². The van der Waals surface area contributed by atoms with Gasteiger partial charge in [-0.3, -0.25) is 9.59 Å². The number of unbranched alkanes of at least 4 members (excludes halogenated alkanes) is 1. The van der Waals surface area contributed by atoms with Crippen LogP contribution in [-0.4, -0.2) is 40.0 Å². The van der Waals surface area contributed by atoms with Gasteiger partial charge >= 0.3 is 6.18 Å². The van der Waals surface area contributed by atoms with Gasteiger partial charge in [-0.2, -0.15) is 13.2 Å². The molecule has 0 saturated carbocycles. The summed E-state index contributed by atoms with van der Waals surface area (Å²) in [6.07, 6.45) is 0.636. The van der Waals surface area contributed by atoms with Crippen LogP contribution in [0.25, 0.3) is 16.6 Å². The van der Waals surface area contributed by atoms with Gasteiger partial charge in [-0.05, 0) is 30.2 Å². The van der Waals surface area contributed by atoms with Crippen molar-refractivity contribution in [3.8, 4) is 10.6 Å². The Kier molecular flexibility index (Phi) is 9.13. The standard InChI is InChI=1S/C25H25F3N4O2S/c1-2-3-16-32(22(34)14-9-18-7-5-4-6-8-18)17-15-21(33)29-24-31-30-23(35-24)19-10-12-20(13-11-19)25(26,27)28/h4-14H,2-3,15-17H2,1H3,(H,29,31,33). The van der Waals surface area contributed by atoms with Crippen LogP contribution in [0.15, 0.2) is 60.7 Å². The van der Waals surface area contributed by atoms with E-state index in [1.54, 1.807) is 11.0 Å². The van der Waals surface area contributed by atoms with E-state index in [1.165, 1.54) is 18.2 Å². The summed E-state index contributed by atoms with van der Waals surface area (Å²) in [6, 6.07) is 14.1. The maximum absolute atomic E-state index is 12.7. The van der Waals surface area contributed by atoms with Crippen LogP contribution < -0.4 is 5.32 Å². The molecule has 3 aromatic rings. The van der Waals surface area contributed by atoms with Gasteiger partial charge in [0, 0.05) is 31.1 Å². The largest absolute Gasteiger partial charge is 0.416 e. The highest BCUT2D eigenvalue weighted by Crippen LogP contribution is 2.32. The highest BCUT2D eigenvalue weighted by Gasteiger charge is 2.30. The van der Waals surface area contributed by atoms with Gasteiger partial charge in [-0.15, -0.1) is 10.2 Å². The number of benzene rings is 2. The lowest BCUT2D eigenvalue weighted by Gasteiger charge is -2.20. The predicted octanol–water partition coefficient (Wildman–Crippen LogP) is 5.89. The van der Waals surface area contributed by atoms with Gasteiger partial charge in [0.2, 0.25) is 16.9 Å². The second-order valence-corrected chi connectivity index (χ2v) is 8.69. The highest BCUT2D eigenvalue weighted by molar-refractivity contribution is 7.18. The van der Waals surface area contributed by atoms with Crippen LogP contribution in [0.3, 0.4) is 0 Å². The Hall–Kier alpha value is -3.53. The smallest absolute Gasteiger partial charge is 0.339 e. The first-order valence-corrected chi connectivity index (χ1v) is 11.9. The average Bonchev–Trinajstić information content (AvgIpc) is 3.31. The second kappa shape index (κ2) is 12.3. The molecule has 1 N–H and O–H groups in total. The SMILES string of the molecule is CCCCN(CCC(=O)Nc1nnc(-c2ccc(C(F)(F)F)cc2)s1)C(=O)C=Cc1ccccc1. The summed E-state index contributed by atoms with van der Waals surface area (Å²) < 4.78 is 38.2. The molecule has 0 fully saturated rings. The zero-order valence-electron chi connectivity index (χ0n) is 19.1. The van der Waals surface area contributed by atoms with Gasteiger partial charge in [0.05, 0.1) is 5.56 Å². The van der Waals surface area contributed by atoms with Crippen molar-refractivity contribution in [1.29, 1.82) is 0 Å². The normalized spacial score (nSPS) is 11.5. The molecule has 0 saturated heterocycles. The summed E-state index contributed by atoms with van der Waals surface area (Å²) in [7, 11) is 0. The van der Waals surface area contributed by atoms with Crippen molar-refractivity contribution in [3.05, 3.63) is 71.8 Å². The zero-order valence-corrected chi connectivity index (χ0v) is 19.9. The summed E-state index contributed by atoms with van der Waals surface area (Å²) in [4.78, 5) is 26.7. The number of amides is 2. The van der Waals surface area contributed by atoms with E-state index in [0.29, 0.717) is 17.1 Å². The van der Waals surface area contributed by atoms with Crippen LogP contribution in [-0.2, 0) is 15.8 Å². The minimum Gasteiger partial charge on any atom is -0.339 e. The van der Waals surface area contributed by atoms with Crippen molar-refractivity contribution in [2.24, 2.45) is 0 Å². The molecule has 35 heavy (non-hydrogen) atoms. The fourth-order valence-electron chi connectivity index (χ4n) is 3.13. The number of hydrogen-bond donors (Lipinski definition) is 1. The van der Waals surface area contributed by atoms with E-state index < -0.39 is 11.7 Å². The maximum atomic E-state index is 12.7. The lowest BCUT2D eigenvalue weighted by molar-refractivity contribution is -0.137. The van der Waals surface area contributed by atoms with Crippen molar-refractivity contribution in [1.82, 2.24) is 15.1 Å². The maximum Gasteiger partial charge on any atom is 0.416 e. The monoisotopic (exact) mass is 502 g/mol. The third-order valence-corrected chi connectivity index (χ3v) is 5.94. The summed E-state index contributed by atoms with van der Waals surface area (Å²) in [6.45, 7) is 2.81. The lowest BCUT2D eigenvalue weighted by atomic mass is 10.1. The number of aromatic nitrogens is 2. The van der Waals surface area contributed by atoms with Gasteiger partial charge in [0.1, 0.15) is 5.01 Å². The van der Waals surface area contributed by atoms with Crippen LogP contribution in [0.4, 0.5) is 18.3 Å². The third kappa shape index (κ3) is 8.03. The van der Waals surface area contributed by atoms with Crippen molar-refractivity contribution in [2.75, 3.05) is 18.4 Å². The summed E-state index contributed by atoms with van der Waals surface area (Å²) in [5.41, 5.74) is 0.631. The number of rotatable bonds is 10. The summed E-state index contributed by atoms with van der Waals surface area (Å²) in [5.74, 6) is -0.503. The highest BCUT2D eigenvalue weighted by atomic mass is 32.1. The summed E-state index contributed by atoms with van der Waals surface area (Å²) in [5, 5.41) is 11.1. The molecular weight excluding hydrogens is 477 g/mol. The molecule has 0 aliphatic heterocycles. The first-order chi connectivity index (χ1) is 16.8. The summed E-state index contributed by atoms with van der Waals surface area (Å²) >= 11 is 1.06. The Morgan fingerprint density at radius 2 is 1.74 bits per heavy atom. The number of carbonyl (C=O) groups excluding carboxylic acids is 2. The molecule has 2 aromatic carbocycles. The number of alkyl halides is 3. The number of nitrogens with zero attached hydrogens (tertiary/aromatic N) is 3. The van der Waals surface area contributed by atoms with Gasteiger partial charge in [-0.1, -0.05) is 67.1 Å². The van der Waals surface area contributed by atoms with Crippen LogP contribution >= 0.6 is 11.3 Å². The number of nitrogens with one attached hydrogen (secondary N) is 1. The number of hydrogen-bond acceptors (Lipinski definition) is 5. The molecule has 0 unspecified atom stereocenters. The van der Waals surface area contributed by atoms with Gasteiger partial charge in [-0.25, -0.2) is 0 Å². The molecule has 3 rings (SSSR count). The number of anilines is 1. The first-order valence-electron chi connectivity index (χ1n) is 11.1.